The third-order valence-corrected chi connectivity index (χ3v) is 6.44. The molecule has 3 nitrogen and oxygen atoms in total. The highest BCUT2D eigenvalue weighted by atomic mass is 16.4. The number of carboxylic acid groups (broad SMARTS) is 1. The number of rotatable bonds is 9. The van der Waals surface area contributed by atoms with Crippen LogP contribution in [0.3, 0.4) is 0 Å². The molecule has 1 atom stereocenters. The Kier molecular flexibility index (Phi) is 7.29. The molecule has 162 valence electrons. The summed E-state index contributed by atoms with van der Waals surface area (Å²) >= 11 is 0. The van der Waals surface area contributed by atoms with E-state index in [9.17, 15) is 15.0 Å². The highest BCUT2D eigenvalue weighted by Gasteiger charge is 2.31. The van der Waals surface area contributed by atoms with E-state index in [1.807, 2.05) is 6.07 Å². The number of benzene rings is 3. The van der Waals surface area contributed by atoms with Crippen LogP contribution in [0, 0.1) is 19.3 Å². The summed E-state index contributed by atoms with van der Waals surface area (Å²) in [4.78, 5) is 11.5. The Labute approximate surface area is 185 Å². The lowest BCUT2D eigenvalue weighted by molar-refractivity contribution is -0.150. The van der Waals surface area contributed by atoms with Gasteiger partial charge < -0.3 is 10.2 Å². The summed E-state index contributed by atoms with van der Waals surface area (Å²) in [6.07, 6.45) is 2.95. The van der Waals surface area contributed by atoms with Crippen molar-refractivity contribution in [3.8, 4) is 11.1 Å². The Bertz CT molecular complexity index is 1040. The van der Waals surface area contributed by atoms with Crippen molar-refractivity contribution in [2.24, 2.45) is 5.41 Å². The Balaban J connectivity index is 1.74. The van der Waals surface area contributed by atoms with Crippen LogP contribution in [0.15, 0.2) is 66.7 Å². The van der Waals surface area contributed by atoms with E-state index in [0.29, 0.717) is 12.8 Å². The van der Waals surface area contributed by atoms with Crippen LogP contribution in [0.5, 0.6) is 0 Å². The number of aliphatic hydroxyl groups is 1. The quantitative estimate of drug-likeness (QED) is 0.465. The first-order chi connectivity index (χ1) is 14.8. The fraction of sp³-hybridized carbons (Fsp3) is 0.321. The lowest BCUT2D eigenvalue weighted by Gasteiger charge is -2.22. The van der Waals surface area contributed by atoms with E-state index in [2.05, 4.69) is 74.5 Å². The molecule has 3 rings (SSSR count). The first-order valence-electron chi connectivity index (χ1n) is 10.9. The van der Waals surface area contributed by atoms with Crippen LogP contribution in [-0.2, 0) is 24.1 Å². The summed E-state index contributed by atoms with van der Waals surface area (Å²) in [6.45, 7) is 5.58. The van der Waals surface area contributed by atoms with Crippen molar-refractivity contribution >= 4 is 5.97 Å². The van der Waals surface area contributed by atoms with Crippen molar-refractivity contribution in [2.75, 3.05) is 6.61 Å². The van der Waals surface area contributed by atoms with Gasteiger partial charge in [-0.25, -0.2) is 0 Å². The Hall–Kier alpha value is -2.91. The van der Waals surface area contributed by atoms with Crippen LogP contribution in [0.25, 0.3) is 11.1 Å². The zero-order valence-electron chi connectivity index (χ0n) is 18.7. The minimum Gasteiger partial charge on any atom is -0.481 e. The molecule has 0 aliphatic heterocycles. The number of aliphatic hydroxyl groups excluding tert-OH is 1. The molecule has 2 N–H and O–H groups in total. The molecule has 0 radical (unpaired) electrons. The maximum absolute atomic E-state index is 11.5. The summed E-state index contributed by atoms with van der Waals surface area (Å²) in [5.74, 6) is -0.948. The molecule has 3 heteroatoms. The molecular weight excluding hydrogens is 384 g/mol. The summed E-state index contributed by atoms with van der Waals surface area (Å²) in [5, 5.41) is 18.9. The van der Waals surface area contributed by atoms with Crippen molar-refractivity contribution in [1.82, 2.24) is 0 Å². The van der Waals surface area contributed by atoms with Crippen molar-refractivity contribution in [3.05, 3.63) is 94.5 Å². The summed E-state index contributed by atoms with van der Waals surface area (Å²) in [5.41, 5.74) is 7.77. The van der Waals surface area contributed by atoms with Crippen LogP contribution in [0.1, 0.15) is 41.2 Å². The lowest BCUT2D eigenvalue weighted by atomic mass is 9.84. The van der Waals surface area contributed by atoms with Gasteiger partial charge in [-0.05, 0) is 85.4 Å². The largest absolute Gasteiger partial charge is 0.481 e. The van der Waals surface area contributed by atoms with Crippen LogP contribution < -0.4 is 0 Å². The van der Waals surface area contributed by atoms with E-state index in [0.717, 1.165) is 18.4 Å². The number of carboxylic acids is 1. The molecule has 0 saturated carbocycles. The highest BCUT2D eigenvalue weighted by Crippen LogP contribution is 2.27. The highest BCUT2D eigenvalue weighted by molar-refractivity contribution is 5.74. The third kappa shape index (κ3) is 5.42. The zero-order chi connectivity index (χ0) is 22.4. The normalized spacial score (nSPS) is 13.0. The van der Waals surface area contributed by atoms with Crippen LogP contribution in [0.4, 0.5) is 0 Å². The molecule has 0 bridgehead atoms. The number of carbonyl (C=O) groups is 1. The number of aliphatic carboxylic acids is 1. The zero-order valence-corrected chi connectivity index (χ0v) is 18.7. The SMILES string of the molecule is Cc1ccc(CCC(C)(CO)C(=O)O)cc1CCc1cccc(-c2ccccc2)c1C. The van der Waals surface area contributed by atoms with Crippen LogP contribution in [-0.4, -0.2) is 22.8 Å². The predicted molar refractivity (Wildman–Crippen MR) is 126 cm³/mol. The second-order valence-corrected chi connectivity index (χ2v) is 8.74. The van der Waals surface area contributed by atoms with E-state index < -0.39 is 11.4 Å². The van der Waals surface area contributed by atoms with Crippen LogP contribution in [0.2, 0.25) is 0 Å². The van der Waals surface area contributed by atoms with E-state index in [1.54, 1.807) is 6.92 Å². The Morgan fingerprint density at radius 1 is 0.871 bits per heavy atom. The molecule has 0 aliphatic carbocycles. The molecular formula is C28H32O3. The monoisotopic (exact) mass is 416 g/mol. The van der Waals surface area contributed by atoms with Gasteiger partial charge in [0.05, 0.1) is 12.0 Å². The van der Waals surface area contributed by atoms with E-state index in [-0.39, 0.29) is 6.61 Å². The Morgan fingerprint density at radius 2 is 1.58 bits per heavy atom. The van der Waals surface area contributed by atoms with E-state index >= 15 is 0 Å². The average molecular weight is 417 g/mol. The minimum atomic E-state index is -1.10. The summed E-state index contributed by atoms with van der Waals surface area (Å²) in [7, 11) is 0. The molecule has 1 unspecified atom stereocenters. The molecule has 3 aromatic rings. The first-order valence-corrected chi connectivity index (χ1v) is 10.9. The lowest BCUT2D eigenvalue weighted by Crippen LogP contribution is -2.32. The van der Waals surface area contributed by atoms with Crippen molar-refractivity contribution in [1.29, 1.82) is 0 Å². The van der Waals surface area contributed by atoms with Crippen molar-refractivity contribution in [3.63, 3.8) is 0 Å². The standard InChI is InChI=1S/C28H32O3/c1-20-12-13-22(16-17-28(3,19-29)27(30)31)18-25(20)15-14-23-10-7-11-26(21(23)2)24-8-5-4-6-9-24/h4-13,18,29H,14-17,19H2,1-3H3,(H,30,31). The van der Waals surface area contributed by atoms with Gasteiger partial charge in [0.2, 0.25) is 0 Å². The molecule has 3 aromatic carbocycles. The van der Waals surface area contributed by atoms with Gasteiger partial charge in [-0.3, -0.25) is 4.79 Å². The fourth-order valence-electron chi connectivity index (χ4n) is 3.98. The second-order valence-electron chi connectivity index (χ2n) is 8.74. The molecule has 0 aromatic heterocycles. The maximum Gasteiger partial charge on any atom is 0.311 e. The molecule has 31 heavy (non-hydrogen) atoms. The fourth-order valence-corrected chi connectivity index (χ4v) is 3.98. The molecule has 0 spiro atoms. The topological polar surface area (TPSA) is 57.5 Å². The molecule has 0 aliphatic rings. The predicted octanol–water partition coefficient (Wildman–Crippen LogP) is 5.77. The van der Waals surface area contributed by atoms with E-state index in [4.69, 9.17) is 0 Å². The Morgan fingerprint density at radius 3 is 2.26 bits per heavy atom. The van der Waals surface area contributed by atoms with Crippen molar-refractivity contribution < 1.29 is 15.0 Å². The summed E-state index contributed by atoms with van der Waals surface area (Å²) < 4.78 is 0. The molecule has 0 amide bonds. The number of aryl methyl sites for hydroxylation is 4. The number of hydrogen-bond acceptors (Lipinski definition) is 2. The maximum atomic E-state index is 11.5. The van der Waals surface area contributed by atoms with Crippen LogP contribution >= 0.6 is 0 Å². The number of hydrogen-bond donors (Lipinski definition) is 2. The minimum absolute atomic E-state index is 0.349. The first kappa shape index (κ1) is 22.8. The molecule has 0 saturated heterocycles. The van der Waals surface area contributed by atoms with Crippen molar-refractivity contribution in [2.45, 2.75) is 46.5 Å². The molecule has 0 fully saturated rings. The van der Waals surface area contributed by atoms with Gasteiger partial charge in [0.25, 0.3) is 0 Å². The average Bonchev–Trinajstić information content (AvgIpc) is 2.78. The van der Waals surface area contributed by atoms with Gasteiger partial charge in [-0.2, -0.15) is 0 Å². The third-order valence-electron chi connectivity index (χ3n) is 6.44. The smallest absolute Gasteiger partial charge is 0.311 e. The van der Waals surface area contributed by atoms with E-state index in [1.165, 1.54) is 33.4 Å². The summed E-state index contributed by atoms with van der Waals surface area (Å²) in [6, 6.07) is 23.4. The molecule has 0 heterocycles. The van der Waals surface area contributed by atoms with Gasteiger partial charge in [-0.1, -0.05) is 66.7 Å². The second kappa shape index (κ2) is 9.93. The van der Waals surface area contributed by atoms with Gasteiger partial charge in [-0.15, -0.1) is 0 Å². The van der Waals surface area contributed by atoms with Gasteiger partial charge in [0.1, 0.15) is 0 Å². The van der Waals surface area contributed by atoms with Gasteiger partial charge in [0, 0.05) is 0 Å². The van der Waals surface area contributed by atoms with Gasteiger partial charge in [0.15, 0.2) is 0 Å². The van der Waals surface area contributed by atoms with Gasteiger partial charge >= 0.3 is 5.97 Å².